The van der Waals surface area contributed by atoms with Gasteiger partial charge in [-0.05, 0) is 25.0 Å². The quantitative estimate of drug-likeness (QED) is 0.776. The van der Waals surface area contributed by atoms with Gasteiger partial charge in [-0.3, -0.25) is 4.98 Å². The van der Waals surface area contributed by atoms with Gasteiger partial charge in [-0.2, -0.15) is 0 Å². The highest BCUT2D eigenvalue weighted by atomic mass is 16.5. The summed E-state index contributed by atoms with van der Waals surface area (Å²) >= 11 is 0. The number of pyridine rings is 1. The van der Waals surface area contributed by atoms with Crippen molar-refractivity contribution in [1.82, 2.24) is 4.98 Å². The number of rotatable bonds is 5. The van der Waals surface area contributed by atoms with Crippen LogP contribution in [0.5, 0.6) is 0 Å². The Hall–Kier alpha value is -0.930. The van der Waals surface area contributed by atoms with Gasteiger partial charge in [0, 0.05) is 17.9 Å². The summed E-state index contributed by atoms with van der Waals surface area (Å²) in [7, 11) is 0. The molecule has 3 nitrogen and oxygen atoms in total. The Morgan fingerprint density at radius 1 is 1.57 bits per heavy atom. The van der Waals surface area contributed by atoms with Crippen LogP contribution in [0.15, 0.2) is 24.5 Å². The van der Waals surface area contributed by atoms with Crippen molar-refractivity contribution in [2.24, 2.45) is 5.73 Å². The van der Waals surface area contributed by atoms with Crippen LogP contribution in [-0.2, 0) is 11.3 Å². The molecule has 2 N–H and O–H groups in total. The first-order valence-electron chi connectivity index (χ1n) is 4.89. The van der Waals surface area contributed by atoms with Gasteiger partial charge in [0.05, 0.1) is 13.2 Å². The Morgan fingerprint density at radius 3 is 2.93 bits per heavy atom. The molecule has 0 saturated carbocycles. The Labute approximate surface area is 85.3 Å². The van der Waals surface area contributed by atoms with Crippen molar-refractivity contribution in [2.75, 3.05) is 6.61 Å². The molecular formula is C11H18N2O. The summed E-state index contributed by atoms with van der Waals surface area (Å²) in [6, 6.07) is 3.90. The van der Waals surface area contributed by atoms with Gasteiger partial charge >= 0.3 is 0 Å². The zero-order chi connectivity index (χ0) is 10.4. The minimum Gasteiger partial charge on any atom is -0.375 e. The third-order valence-electron chi connectivity index (χ3n) is 2.23. The summed E-state index contributed by atoms with van der Waals surface area (Å²) in [5.74, 6) is 0. The Balaban J connectivity index is 2.29. The van der Waals surface area contributed by atoms with Crippen LogP contribution in [0.4, 0.5) is 0 Å². The molecule has 1 aromatic rings. The summed E-state index contributed by atoms with van der Waals surface area (Å²) in [5, 5.41) is 0. The SMILES string of the molecule is CCC(C)(N)COCc1cccnc1. The highest BCUT2D eigenvalue weighted by molar-refractivity contribution is 5.06. The summed E-state index contributed by atoms with van der Waals surface area (Å²) in [6.45, 7) is 5.22. The molecule has 0 aliphatic rings. The van der Waals surface area contributed by atoms with E-state index in [1.807, 2.05) is 19.1 Å². The molecule has 0 aliphatic carbocycles. The van der Waals surface area contributed by atoms with E-state index >= 15 is 0 Å². The Kier molecular flexibility index (Phi) is 4.04. The van der Waals surface area contributed by atoms with Crippen LogP contribution in [0.3, 0.4) is 0 Å². The maximum atomic E-state index is 5.94. The molecular weight excluding hydrogens is 176 g/mol. The van der Waals surface area contributed by atoms with Crippen molar-refractivity contribution < 1.29 is 4.74 Å². The lowest BCUT2D eigenvalue weighted by Crippen LogP contribution is -2.40. The van der Waals surface area contributed by atoms with E-state index in [0.29, 0.717) is 13.2 Å². The number of aromatic nitrogens is 1. The smallest absolute Gasteiger partial charge is 0.0732 e. The lowest BCUT2D eigenvalue weighted by molar-refractivity contribution is 0.0776. The van der Waals surface area contributed by atoms with Gasteiger partial charge in [-0.15, -0.1) is 0 Å². The van der Waals surface area contributed by atoms with Crippen molar-refractivity contribution in [3.05, 3.63) is 30.1 Å². The van der Waals surface area contributed by atoms with E-state index in [2.05, 4.69) is 11.9 Å². The van der Waals surface area contributed by atoms with Crippen molar-refractivity contribution in [3.8, 4) is 0 Å². The second-order valence-electron chi connectivity index (χ2n) is 3.86. The monoisotopic (exact) mass is 194 g/mol. The average molecular weight is 194 g/mol. The third-order valence-corrected chi connectivity index (χ3v) is 2.23. The molecule has 0 amide bonds. The number of ether oxygens (including phenoxy) is 1. The van der Waals surface area contributed by atoms with Gasteiger partial charge in [-0.1, -0.05) is 13.0 Å². The largest absolute Gasteiger partial charge is 0.375 e. The van der Waals surface area contributed by atoms with Gasteiger partial charge in [0.2, 0.25) is 0 Å². The molecule has 1 rings (SSSR count). The van der Waals surface area contributed by atoms with Crippen LogP contribution in [0.1, 0.15) is 25.8 Å². The van der Waals surface area contributed by atoms with E-state index in [1.165, 1.54) is 0 Å². The van der Waals surface area contributed by atoms with Crippen LogP contribution in [0.25, 0.3) is 0 Å². The normalized spacial score (nSPS) is 15.1. The first-order valence-corrected chi connectivity index (χ1v) is 4.89. The Morgan fingerprint density at radius 2 is 2.36 bits per heavy atom. The van der Waals surface area contributed by atoms with Crippen molar-refractivity contribution >= 4 is 0 Å². The van der Waals surface area contributed by atoms with Crippen LogP contribution in [0, 0.1) is 0 Å². The van der Waals surface area contributed by atoms with Crippen LogP contribution < -0.4 is 5.73 Å². The first-order chi connectivity index (χ1) is 6.64. The topological polar surface area (TPSA) is 48.1 Å². The minimum absolute atomic E-state index is 0.220. The molecule has 0 fully saturated rings. The van der Waals surface area contributed by atoms with Crippen molar-refractivity contribution in [1.29, 1.82) is 0 Å². The molecule has 0 radical (unpaired) electrons. The maximum absolute atomic E-state index is 5.94. The first kappa shape index (κ1) is 11.1. The van der Waals surface area contributed by atoms with E-state index < -0.39 is 0 Å². The second kappa shape index (κ2) is 5.08. The lowest BCUT2D eigenvalue weighted by Gasteiger charge is -2.22. The summed E-state index contributed by atoms with van der Waals surface area (Å²) in [6.07, 6.45) is 4.47. The Bertz CT molecular complexity index is 259. The van der Waals surface area contributed by atoms with Gasteiger partial charge in [-0.25, -0.2) is 0 Å². The molecule has 1 unspecified atom stereocenters. The molecule has 78 valence electrons. The van der Waals surface area contributed by atoms with E-state index in [0.717, 1.165) is 12.0 Å². The average Bonchev–Trinajstić information content (AvgIpc) is 2.19. The predicted octanol–water partition coefficient (Wildman–Crippen LogP) is 1.73. The summed E-state index contributed by atoms with van der Waals surface area (Å²) in [5.41, 5.74) is 6.80. The molecule has 0 spiro atoms. The molecule has 14 heavy (non-hydrogen) atoms. The molecule has 1 atom stereocenters. The zero-order valence-corrected chi connectivity index (χ0v) is 8.86. The molecule has 3 heteroatoms. The number of hydrogen-bond donors (Lipinski definition) is 1. The lowest BCUT2D eigenvalue weighted by atomic mass is 10.0. The fourth-order valence-corrected chi connectivity index (χ4v) is 0.988. The molecule has 0 saturated heterocycles. The maximum Gasteiger partial charge on any atom is 0.0732 e. The van der Waals surface area contributed by atoms with E-state index in [9.17, 15) is 0 Å². The fourth-order valence-electron chi connectivity index (χ4n) is 0.988. The highest BCUT2D eigenvalue weighted by Crippen LogP contribution is 2.07. The number of nitrogens with two attached hydrogens (primary N) is 1. The van der Waals surface area contributed by atoms with Gasteiger partial charge in [0.25, 0.3) is 0 Å². The molecule has 0 bridgehead atoms. The van der Waals surface area contributed by atoms with Gasteiger partial charge in [0.15, 0.2) is 0 Å². The molecule has 1 aromatic heterocycles. The number of nitrogens with zero attached hydrogens (tertiary/aromatic N) is 1. The van der Waals surface area contributed by atoms with E-state index in [-0.39, 0.29) is 5.54 Å². The van der Waals surface area contributed by atoms with E-state index in [4.69, 9.17) is 10.5 Å². The van der Waals surface area contributed by atoms with Crippen molar-refractivity contribution in [2.45, 2.75) is 32.4 Å². The number of hydrogen-bond acceptors (Lipinski definition) is 3. The fraction of sp³-hybridized carbons (Fsp3) is 0.545. The van der Waals surface area contributed by atoms with Gasteiger partial charge < -0.3 is 10.5 Å². The molecule has 0 aliphatic heterocycles. The van der Waals surface area contributed by atoms with Gasteiger partial charge in [0.1, 0.15) is 0 Å². The summed E-state index contributed by atoms with van der Waals surface area (Å²) < 4.78 is 5.51. The summed E-state index contributed by atoms with van der Waals surface area (Å²) in [4.78, 5) is 4.01. The molecule has 1 heterocycles. The van der Waals surface area contributed by atoms with E-state index in [1.54, 1.807) is 12.4 Å². The zero-order valence-electron chi connectivity index (χ0n) is 8.86. The van der Waals surface area contributed by atoms with Crippen LogP contribution >= 0.6 is 0 Å². The predicted molar refractivity (Wildman–Crippen MR) is 56.8 cm³/mol. The third kappa shape index (κ3) is 3.85. The van der Waals surface area contributed by atoms with Crippen LogP contribution in [0.2, 0.25) is 0 Å². The minimum atomic E-state index is -0.220. The van der Waals surface area contributed by atoms with Crippen LogP contribution in [-0.4, -0.2) is 17.1 Å². The molecule has 0 aromatic carbocycles. The second-order valence-corrected chi connectivity index (χ2v) is 3.86. The van der Waals surface area contributed by atoms with Crippen molar-refractivity contribution in [3.63, 3.8) is 0 Å². The highest BCUT2D eigenvalue weighted by Gasteiger charge is 2.15. The standard InChI is InChI=1S/C11H18N2O/c1-3-11(2,12)9-14-8-10-5-4-6-13-7-10/h4-7H,3,8-9,12H2,1-2H3.